The third-order valence-corrected chi connectivity index (χ3v) is 2.06. The Bertz CT molecular complexity index is 261. The van der Waals surface area contributed by atoms with Gasteiger partial charge in [-0.1, -0.05) is 0 Å². The van der Waals surface area contributed by atoms with Crippen molar-refractivity contribution in [2.45, 2.75) is 19.4 Å². The summed E-state index contributed by atoms with van der Waals surface area (Å²) in [5.41, 5.74) is 0. The van der Waals surface area contributed by atoms with Crippen molar-refractivity contribution in [3.8, 4) is 0 Å². The molecule has 1 aromatic heterocycles. The molecule has 1 heterocycles. The summed E-state index contributed by atoms with van der Waals surface area (Å²) in [5, 5.41) is 11.2. The van der Waals surface area contributed by atoms with Crippen molar-refractivity contribution in [1.82, 2.24) is 20.1 Å². The molecular weight excluding hydrogens is 180 g/mol. The number of hydrogen-bond donors (Lipinski definition) is 1. The maximum atomic E-state index is 5.02. The first-order valence-corrected chi connectivity index (χ1v) is 4.79. The molecule has 1 aromatic rings. The lowest BCUT2D eigenvalue weighted by atomic mass is 10.3. The van der Waals surface area contributed by atoms with E-state index in [-0.39, 0.29) is 0 Å². The molecule has 1 N–H and O–H groups in total. The predicted octanol–water partition coefficient (Wildman–Crippen LogP) is -0.0179. The molecule has 1 unspecified atom stereocenters. The topological polar surface area (TPSA) is 52.0 Å². The van der Waals surface area contributed by atoms with E-state index in [0.717, 1.165) is 25.4 Å². The average Bonchev–Trinajstić information content (AvgIpc) is 2.52. The van der Waals surface area contributed by atoms with Gasteiger partial charge in [0.05, 0.1) is 6.61 Å². The summed E-state index contributed by atoms with van der Waals surface area (Å²) in [4.78, 5) is 0. The van der Waals surface area contributed by atoms with Crippen molar-refractivity contribution in [3.63, 3.8) is 0 Å². The molecule has 0 spiro atoms. The molecule has 1 rings (SSSR count). The van der Waals surface area contributed by atoms with E-state index in [1.54, 1.807) is 13.4 Å². The molecule has 0 aliphatic rings. The minimum absolute atomic E-state index is 0.383. The summed E-state index contributed by atoms with van der Waals surface area (Å²) in [7, 11) is 3.66. The van der Waals surface area contributed by atoms with E-state index in [1.165, 1.54) is 0 Å². The zero-order valence-corrected chi connectivity index (χ0v) is 9.03. The third-order valence-electron chi connectivity index (χ3n) is 2.06. The molecule has 0 fully saturated rings. The highest BCUT2D eigenvalue weighted by Crippen LogP contribution is 1.92. The largest absolute Gasteiger partial charge is 0.383 e. The van der Waals surface area contributed by atoms with Crippen molar-refractivity contribution in [2.24, 2.45) is 7.05 Å². The van der Waals surface area contributed by atoms with Gasteiger partial charge in [-0.15, -0.1) is 10.2 Å². The highest BCUT2D eigenvalue weighted by Gasteiger charge is 2.02. The van der Waals surface area contributed by atoms with Crippen LogP contribution in [0.15, 0.2) is 6.33 Å². The van der Waals surface area contributed by atoms with Crippen LogP contribution in [-0.2, 0) is 18.2 Å². The van der Waals surface area contributed by atoms with Crippen molar-refractivity contribution in [3.05, 3.63) is 12.2 Å². The second-order valence-electron chi connectivity index (χ2n) is 3.42. The highest BCUT2D eigenvalue weighted by molar-refractivity contribution is 4.85. The van der Waals surface area contributed by atoms with Gasteiger partial charge in [-0.2, -0.15) is 0 Å². The van der Waals surface area contributed by atoms with Crippen LogP contribution in [0.5, 0.6) is 0 Å². The standard InChI is InChI=1S/C9H18N4O/c1-8(6-14-3)10-5-4-9-12-11-7-13(9)2/h7-8,10H,4-6H2,1-3H3. The molecule has 0 saturated heterocycles. The van der Waals surface area contributed by atoms with Gasteiger partial charge in [0.1, 0.15) is 12.2 Å². The lowest BCUT2D eigenvalue weighted by Crippen LogP contribution is -2.32. The minimum atomic E-state index is 0.383. The van der Waals surface area contributed by atoms with Crippen LogP contribution in [0, 0.1) is 0 Å². The third kappa shape index (κ3) is 3.43. The maximum absolute atomic E-state index is 5.02. The lowest BCUT2D eigenvalue weighted by Gasteiger charge is -2.11. The molecule has 80 valence electrons. The van der Waals surface area contributed by atoms with Gasteiger partial charge in [-0.05, 0) is 6.92 Å². The highest BCUT2D eigenvalue weighted by atomic mass is 16.5. The number of nitrogens with zero attached hydrogens (tertiary/aromatic N) is 3. The second kappa shape index (κ2) is 5.72. The van der Waals surface area contributed by atoms with Gasteiger partial charge in [-0.25, -0.2) is 0 Å². The van der Waals surface area contributed by atoms with Gasteiger partial charge in [0.2, 0.25) is 0 Å². The van der Waals surface area contributed by atoms with Gasteiger partial charge in [0.15, 0.2) is 0 Å². The van der Waals surface area contributed by atoms with E-state index in [2.05, 4.69) is 22.4 Å². The molecule has 0 aliphatic heterocycles. The Morgan fingerprint density at radius 1 is 1.64 bits per heavy atom. The first-order chi connectivity index (χ1) is 6.74. The molecule has 5 heteroatoms. The predicted molar refractivity (Wildman–Crippen MR) is 54.0 cm³/mol. The van der Waals surface area contributed by atoms with Crippen LogP contribution in [0.1, 0.15) is 12.7 Å². The molecular formula is C9H18N4O. The summed E-state index contributed by atoms with van der Waals surface area (Å²) in [6, 6.07) is 0.383. The Kier molecular flexibility index (Phi) is 4.55. The maximum Gasteiger partial charge on any atom is 0.133 e. The monoisotopic (exact) mass is 198 g/mol. The number of aryl methyl sites for hydroxylation is 1. The summed E-state index contributed by atoms with van der Waals surface area (Å²) in [5.74, 6) is 1.00. The fourth-order valence-corrected chi connectivity index (χ4v) is 1.27. The summed E-state index contributed by atoms with van der Waals surface area (Å²) in [6.07, 6.45) is 2.61. The molecule has 0 amide bonds. The van der Waals surface area contributed by atoms with Crippen molar-refractivity contribution in [2.75, 3.05) is 20.3 Å². The van der Waals surface area contributed by atoms with Crippen LogP contribution in [-0.4, -0.2) is 41.1 Å². The van der Waals surface area contributed by atoms with E-state index in [9.17, 15) is 0 Å². The van der Waals surface area contributed by atoms with Gasteiger partial charge < -0.3 is 14.6 Å². The fourth-order valence-electron chi connectivity index (χ4n) is 1.27. The molecule has 14 heavy (non-hydrogen) atoms. The molecule has 0 aromatic carbocycles. The van der Waals surface area contributed by atoms with Crippen LogP contribution < -0.4 is 5.32 Å². The van der Waals surface area contributed by atoms with Gasteiger partial charge >= 0.3 is 0 Å². The summed E-state index contributed by atoms with van der Waals surface area (Å²) in [6.45, 7) is 3.73. The molecule has 0 aliphatic carbocycles. The Labute approximate surface area is 84.5 Å². The van der Waals surface area contributed by atoms with E-state index >= 15 is 0 Å². The number of aromatic nitrogens is 3. The Morgan fingerprint density at radius 3 is 3.00 bits per heavy atom. The fraction of sp³-hybridized carbons (Fsp3) is 0.778. The Balaban J connectivity index is 2.19. The van der Waals surface area contributed by atoms with Crippen LogP contribution in [0.2, 0.25) is 0 Å². The number of hydrogen-bond acceptors (Lipinski definition) is 4. The molecule has 5 nitrogen and oxygen atoms in total. The first-order valence-electron chi connectivity index (χ1n) is 4.79. The number of rotatable bonds is 6. The number of nitrogens with one attached hydrogen (secondary N) is 1. The SMILES string of the molecule is COCC(C)NCCc1nncn1C. The van der Waals surface area contributed by atoms with Gasteiger partial charge in [-0.3, -0.25) is 0 Å². The lowest BCUT2D eigenvalue weighted by molar-refractivity contribution is 0.172. The normalized spacial score (nSPS) is 13.1. The van der Waals surface area contributed by atoms with E-state index in [1.807, 2.05) is 11.6 Å². The minimum Gasteiger partial charge on any atom is -0.383 e. The summed E-state index contributed by atoms with van der Waals surface area (Å²) >= 11 is 0. The molecule has 0 bridgehead atoms. The van der Waals surface area contributed by atoms with Crippen LogP contribution in [0.4, 0.5) is 0 Å². The van der Waals surface area contributed by atoms with Crippen LogP contribution >= 0.6 is 0 Å². The van der Waals surface area contributed by atoms with Crippen molar-refractivity contribution in [1.29, 1.82) is 0 Å². The number of methoxy groups -OCH3 is 1. The Hall–Kier alpha value is -0.940. The Morgan fingerprint density at radius 2 is 2.43 bits per heavy atom. The summed E-state index contributed by atoms with van der Waals surface area (Å²) < 4.78 is 6.95. The molecule has 1 atom stereocenters. The van der Waals surface area contributed by atoms with Gasteiger partial charge in [0.25, 0.3) is 0 Å². The second-order valence-corrected chi connectivity index (χ2v) is 3.42. The van der Waals surface area contributed by atoms with Gasteiger partial charge in [0, 0.05) is 33.2 Å². The van der Waals surface area contributed by atoms with Crippen LogP contribution in [0.3, 0.4) is 0 Å². The van der Waals surface area contributed by atoms with E-state index < -0.39 is 0 Å². The average molecular weight is 198 g/mol. The van der Waals surface area contributed by atoms with Crippen LogP contribution in [0.25, 0.3) is 0 Å². The molecule has 0 saturated carbocycles. The molecule has 0 radical (unpaired) electrons. The first kappa shape index (κ1) is 11.1. The number of ether oxygens (including phenoxy) is 1. The quantitative estimate of drug-likeness (QED) is 0.698. The zero-order chi connectivity index (χ0) is 10.4. The van der Waals surface area contributed by atoms with Crippen molar-refractivity contribution >= 4 is 0 Å². The van der Waals surface area contributed by atoms with Crippen molar-refractivity contribution < 1.29 is 4.74 Å². The van der Waals surface area contributed by atoms with E-state index in [4.69, 9.17) is 4.74 Å². The smallest absolute Gasteiger partial charge is 0.133 e. The van der Waals surface area contributed by atoms with E-state index in [0.29, 0.717) is 6.04 Å². The zero-order valence-electron chi connectivity index (χ0n) is 9.03.